The van der Waals surface area contributed by atoms with E-state index in [0.717, 1.165) is 6.42 Å². The Hall–Kier alpha value is -1.02. The molecule has 0 aliphatic rings. The van der Waals surface area contributed by atoms with Crippen molar-refractivity contribution in [2.24, 2.45) is 0 Å². The zero-order valence-electron chi connectivity index (χ0n) is 9.53. The molecule has 15 heavy (non-hydrogen) atoms. The van der Waals surface area contributed by atoms with Gasteiger partial charge in [0, 0.05) is 17.3 Å². The highest BCUT2D eigenvalue weighted by molar-refractivity contribution is 8.03. The molecule has 0 saturated carbocycles. The van der Waals surface area contributed by atoms with Gasteiger partial charge in [0.2, 0.25) is 0 Å². The second-order valence-corrected chi connectivity index (χ2v) is 4.75. The van der Waals surface area contributed by atoms with Crippen molar-refractivity contribution in [3.05, 3.63) is 47.2 Å². The molecule has 1 rings (SSSR count). The minimum atomic E-state index is 1.11. The third-order valence-corrected chi connectivity index (χ3v) is 3.01. The van der Waals surface area contributed by atoms with Crippen molar-refractivity contribution in [1.82, 2.24) is 4.98 Å². The van der Waals surface area contributed by atoms with E-state index in [-0.39, 0.29) is 0 Å². The van der Waals surface area contributed by atoms with Gasteiger partial charge in [-0.1, -0.05) is 36.4 Å². The van der Waals surface area contributed by atoms with Crippen molar-refractivity contribution in [1.29, 1.82) is 0 Å². The highest BCUT2D eigenvalue weighted by Gasteiger charge is 1.93. The van der Waals surface area contributed by atoms with Gasteiger partial charge in [0.15, 0.2) is 0 Å². The Balaban J connectivity index is 2.60. The molecule has 0 N–H and O–H groups in total. The first-order chi connectivity index (χ1) is 7.22. The molecule has 0 bridgehead atoms. The second-order valence-electron chi connectivity index (χ2n) is 3.43. The van der Waals surface area contributed by atoms with Gasteiger partial charge < -0.3 is 0 Å². The highest BCUT2D eigenvalue weighted by atomic mass is 32.2. The number of hydrogen-bond acceptors (Lipinski definition) is 2. The lowest BCUT2D eigenvalue weighted by Gasteiger charge is -1.99. The van der Waals surface area contributed by atoms with Gasteiger partial charge in [0.25, 0.3) is 0 Å². The van der Waals surface area contributed by atoms with E-state index in [9.17, 15) is 0 Å². The summed E-state index contributed by atoms with van der Waals surface area (Å²) in [4.78, 5) is 6.56. The van der Waals surface area contributed by atoms with E-state index in [1.165, 1.54) is 15.4 Å². The van der Waals surface area contributed by atoms with Crippen LogP contribution in [-0.4, -0.2) is 4.98 Å². The van der Waals surface area contributed by atoms with Gasteiger partial charge in [-0.05, 0) is 37.3 Å². The highest BCUT2D eigenvalue weighted by Crippen LogP contribution is 2.24. The van der Waals surface area contributed by atoms with Crippen molar-refractivity contribution >= 4 is 11.8 Å². The van der Waals surface area contributed by atoms with E-state index in [4.69, 9.17) is 0 Å². The number of pyridine rings is 1. The molecule has 0 unspecified atom stereocenters. The summed E-state index contributed by atoms with van der Waals surface area (Å²) >= 11 is 1.75. The third kappa shape index (κ3) is 4.84. The Morgan fingerprint density at radius 1 is 1.40 bits per heavy atom. The van der Waals surface area contributed by atoms with Crippen LogP contribution in [0.3, 0.4) is 0 Å². The predicted molar refractivity (Wildman–Crippen MR) is 67.9 cm³/mol. The normalized spacial score (nSPS) is 13.0. The van der Waals surface area contributed by atoms with Gasteiger partial charge in [-0.3, -0.25) is 4.98 Å². The summed E-state index contributed by atoms with van der Waals surface area (Å²) in [5.74, 6) is 0. The molecule has 0 saturated heterocycles. The number of thioether (sulfide) groups is 1. The monoisotopic (exact) mass is 219 g/mol. The Bertz CT molecular complexity index is 352. The quantitative estimate of drug-likeness (QED) is 0.548. The summed E-state index contributed by atoms with van der Waals surface area (Å²) in [6.45, 7) is 6.44. The van der Waals surface area contributed by atoms with Gasteiger partial charge in [0.1, 0.15) is 0 Å². The molecule has 0 aromatic carbocycles. The van der Waals surface area contributed by atoms with E-state index in [2.05, 4.69) is 44.0 Å². The molecule has 0 fully saturated rings. The van der Waals surface area contributed by atoms with E-state index in [0.29, 0.717) is 0 Å². The first-order valence-electron chi connectivity index (χ1n) is 5.14. The minimum absolute atomic E-state index is 1.11. The minimum Gasteiger partial charge on any atom is -0.264 e. The van der Waals surface area contributed by atoms with Gasteiger partial charge in [-0.2, -0.15) is 0 Å². The van der Waals surface area contributed by atoms with E-state index < -0.39 is 0 Å². The molecule has 0 aliphatic heterocycles. The van der Waals surface area contributed by atoms with Gasteiger partial charge in [0.05, 0.1) is 0 Å². The maximum absolute atomic E-state index is 4.09. The molecule has 1 aromatic rings. The second kappa shape index (κ2) is 6.46. The zero-order valence-corrected chi connectivity index (χ0v) is 10.3. The number of rotatable bonds is 4. The lowest BCUT2D eigenvalue weighted by Crippen LogP contribution is -1.74. The summed E-state index contributed by atoms with van der Waals surface area (Å²) in [6, 6.07) is 4.04. The van der Waals surface area contributed by atoms with Crippen molar-refractivity contribution in [3.8, 4) is 0 Å². The first-order valence-corrected chi connectivity index (χ1v) is 5.96. The van der Waals surface area contributed by atoms with Crippen LogP contribution in [0.15, 0.2) is 52.1 Å². The average Bonchev–Trinajstić information content (AvgIpc) is 2.27. The molecule has 1 heterocycles. The Morgan fingerprint density at radius 2 is 2.20 bits per heavy atom. The zero-order chi connectivity index (χ0) is 11.1. The SMILES string of the molecule is CC/C(C)=C/C=C(\C)Sc1cccnc1. The fourth-order valence-electron chi connectivity index (χ4n) is 1.00. The van der Waals surface area contributed by atoms with Crippen LogP contribution in [-0.2, 0) is 0 Å². The lowest BCUT2D eigenvalue weighted by atomic mass is 10.2. The topological polar surface area (TPSA) is 12.9 Å². The summed E-state index contributed by atoms with van der Waals surface area (Å²) in [6.07, 6.45) is 9.14. The molecule has 0 atom stereocenters. The number of allylic oxidation sites excluding steroid dienone is 4. The van der Waals surface area contributed by atoms with Crippen LogP contribution in [0, 0.1) is 0 Å². The summed E-state index contributed by atoms with van der Waals surface area (Å²) in [5, 5.41) is 0. The molecule has 1 nitrogen and oxygen atoms in total. The molecule has 0 radical (unpaired) electrons. The van der Waals surface area contributed by atoms with Crippen LogP contribution in [0.1, 0.15) is 27.2 Å². The summed E-state index contributed by atoms with van der Waals surface area (Å²) < 4.78 is 0. The Morgan fingerprint density at radius 3 is 2.80 bits per heavy atom. The van der Waals surface area contributed by atoms with Gasteiger partial charge in [-0.15, -0.1) is 0 Å². The van der Waals surface area contributed by atoms with Gasteiger partial charge >= 0.3 is 0 Å². The molecule has 80 valence electrons. The predicted octanol–water partition coefficient (Wildman–Crippen LogP) is 4.43. The van der Waals surface area contributed by atoms with E-state index in [1.54, 1.807) is 18.0 Å². The van der Waals surface area contributed by atoms with E-state index >= 15 is 0 Å². The van der Waals surface area contributed by atoms with Crippen LogP contribution >= 0.6 is 11.8 Å². The number of hydrogen-bond donors (Lipinski definition) is 0. The molecular weight excluding hydrogens is 202 g/mol. The van der Waals surface area contributed by atoms with Crippen molar-refractivity contribution in [2.75, 3.05) is 0 Å². The molecule has 0 amide bonds. The molecular formula is C13H17NS. The van der Waals surface area contributed by atoms with E-state index in [1.807, 2.05) is 12.3 Å². The lowest BCUT2D eigenvalue weighted by molar-refractivity contribution is 1.10. The summed E-state index contributed by atoms with van der Waals surface area (Å²) in [7, 11) is 0. The van der Waals surface area contributed by atoms with Crippen LogP contribution < -0.4 is 0 Å². The number of nitrogens with zero attached hydrogens (tertiary/aromatic N) is 1. The fourth-order valence-corrected chi connectivity index (χ4v) is 1.77. The maximum atomic E-state index is 4.09. The van der Waals surface area contributed by atoms with Crippen molar-refractivity contribution < 1.29 is 0 Å². The van der Waals surface area contributed by atoms with Crippen LogP contribution in [0.4, 0.5) is 0 Å². The van der Waals surface area contributed by atoms with Crippen LogP contribution in [0.5, 0.6) is 0 Å². The maximum Gasteiger partial charge on any atom is 0.0407 e. The molecule has 0 aliphatic carbocycles. The third-order valence-electron chi connectivity index (χ3n) is 2.07. The van der Waals surface area contributed by atoms with Crippen molar-refractivity contribution in [2.45, 2.75) is 32.1 Å². The summed E-state index contributed by atoms with van der Waals surface area (Å²) in [5.41, 5.74) is 1.40. The van der Waals surface area contributed by atoms with Crippen molar-refractivity contribution in [3.63, 3.8) is 0 Å². The molecule has 2 heteroatoms. The van der Waals surface area contributed by atoms with Gasteiger partial charge in [-0.25, -0.2) is 0 Å². The Labute approximate surface area is 96.3 Å². The smallest absolute Gasteiger partial charge is 0.0407 e. The van der Waals surface area contributed by atoms with Crippen LogP contribution in [0.25, 0.3) is 0 Å². The molecule has 0 spiro atoms. The largest absolute Gasteiger partial charge is 0.264 e. The first kappa shape index (κ1) is 12.1. The van der Waals surface area contributed by atoms with Crippen LogP contribution in [0.2, 0.25) is 0 Å². The fraction of sp³-hybridized carbons (Fsp3) is 0.308. The standard InChI is InChI=1S/C13H17NS/c1-4-11(2)7-8-12(3)15-13-6-5-9-14-10-13/h5-10H,4H2,1-3H3/b11-7+,12-8+. The average molecular weight is 219 g/mol. The molecule has 1 aromatic heterocycles. The number of aromatic nitrogens is 1. The Kier molecular flexibility index (Phi) is 5.19.